The van der Waals surface area contributed by atoms with Gasteiger partial charge in [-0.2, -0.15) is 0 Å². The summed E-state index contributed by atoms with van der Waals surface area (Å²) in [7, 11) is 0. The van der Waals surface area contributed by atoms with E-state index in [2.05, 4.69) is 0 Å². The first-order chi connectivity index (χ1) is 0. The topological polar surface area (TPSA) is 0 Å². The Morgan fingerprint density at radius 3 is 1.20 bits per heavy atom. The summed E-state index contributed by atoms with van der Waals surface area (Å²) in [5.74, 6) is 0. The van der Waals surface area contributed by atoms with Gasteiger partial charge in [-0.25, -0.2) is 0 Å². The van der Waals surface area contributed by atoms with Crippen molar-refractivity contribution in [1.82, 2.24) is 0 Å². The molecule has 0 N–H and O–H groups in total. The van der Waals surface area contributed by atoms with Crippen molar-refractivity contribution in [3.8, 4) is 0 Å². The van der Waals surface area contributed by atoms with E-state index in [0.29, 0.717) is 0 Å². The van der Waals surface area contributed by atoms with Crippen LogP contribution in [-0.2, 0) is 33.6 Å². The van der Waals surface area contributed by atoms with Crippen molar-refractivity contribution in [1.29, 1.82) is 0 Å². The summed E-state index contributed by atoms with van der Waals surface area (Å²) >= 11 is 0. The molecule has 0 saturated heterocycles. The summed E-state index contributed by atoms with van der Waals surface area (Å²) in [4.78, 5) is 0. The Bertz CT molecular complexity index is 20.5. The van der Waals surface area contributed by atoms with Gasteiger partial charge >= 0.3 is 97.3 Å². The summed E-state index contributed by atoms with van der Waals surface area (Å²) in [6.07, 6.45) is 0. The monoisotopic (exact) mass is 285 g/mol. The van der Waals surface area contributed by atoms with Gasteiger partial charge in [0.1, 0.15) is 0 Å². The van der Waals surface area contributed by atoms with Gasteiger partial charge in [-0.05, 0) is 0 Å². The first-order valence-electron chi connectivity index (χ1n) is 0. The molecule has 0 unspecified atom stereocenters. The fourth-order valence-electron chi connectivity index (χ4n) is 0. The minimum Gasteiger partial charge on any atom is -1.00 e. The summed E-state index contributed by atoms with van der Waals surface area (Å²) < 4.78 is 0. The molecule has 0 aromatic heterocycles. The maximum absolute atomic E-state index is 0. The second-order valence-electron chi connectivity index (χ2n) is 0. The van der Waals surface area contributed by atoms with Crippen LogP contribution in [0.4, 0.5) is 0 Å². The van der Waals surface area contributed by atoms with Crippen molar-refractivity contribution in [2.75, 3.05) is 0 Å². The van der Waals surface area contributed by atoms with Crippen molar-refractivity contribution < 1.29 is 87.7 Å². The van der Waals surface area contributed by atoms with Gasteiger partial charge in [0, 0.05) is 33.6 Å². The standard InChI is InChI=1S/Ba.Li.Mn.Na.Ni.4H/q+2;+1;;+1;;4*-1. The van der Waals surface area contributed by atoms with Crippen LogP contribution in [-0.4, -0.2) is 48.9 Å². The van der Waals surface area contributed by atoms with Gasteiger partial charge in [-0.15, -0.1) is 0 Å². The van der Waals surface area contributed by atoms with Crippen LogP contribution < -0.4 is 48.4 Å². The maximum atomic E-state index is 0. The molecule has 25 valence electrons. The van der Waals surface area contributed by atoms with Crippen molar-refractivity contribution in [3.05, 3.63) is 0 Å². The first kappa shape index (κ1) is 35.1. The molecule has 0 amide bonds. The Hall–Kier alpha value is 4.18. The van der Waals surface area contributed by atoms with Crippen molar-refractivity contribution in [2.45, 2.75) is 0 Å². The second-order valence-corrected chi connectivity index (χ2v) is 0. The van der Waals surface area contributed by atoms with Crippen LogP contribution in [0.15, 0.2) is 0 Å². The zero-order valence-electron chi connectivity index (χ0n) is 7.40. The van der Waals surface area contributed by atoms with Crippen LogP contribution in [0.3, 0.4) is 0 Å². The number of hydrogen-bond acceptors (Lipinski definition) is 0. The van der Waals surface area contributed by atoms with E-state index < -0.39 is 0 Å². The Kier molecular flexibility index (Phi) is 170. The average Bonchev–Trinajstić information content (AvgIpc) is 0. The van der Waals surface area contributed by atoms with Crippen molar-refractivity contribution in [2.24, 2.45) is 0 Å². The van der Waals surface area contributed by atoms with Crippen LogP contribution in [0.5, 0.6) is 0 Å². The predicted octanol–water partition coefficient (Wildman–Crippen LogP) is -5.93. The van der Waals surface area contributed by atoms with Gasteiger partial charge in [0.15, 0.2) is 0 Å². The Morgan fingerprint density at radius 2 is 1.20 bits per heavy atom. The van der Waals surface area contributed by atoms with Gasteiger partial charge in [-0.3, -0.25) is 0 Å². The fraction of sp³-hybridized carbons (Fsp3) is 0. The minimum atomic E-state index is 0. The SMILES string of the molecule is [Ba+2].[H-].[H-].[H-].[H-].[Li+].[Mn].[Na+].[Ni]. The predicted molar refractivity (Wildman–Crippen MR) is 10.2 cm³/mol. The zero-order chi connectivity index (χ0) is 0. The molecule has 0 aromatic carbocycles. The van der Waals surface area contributed by atoms with E-state index in [9.17, 15) is 0 Å². The molecule has 0 bridgehead atoms. The van der Waals surface area contributed by atoms with Gasteiger partial charge in [0.05, 0.1) is 0 Å². The van der Waals surface area contributed by atoms with Crippen LogP contribution in [0.1, 0.15) is 5.71 Å². The molecule has 5 heteroatoms. The van der Waals surface area contributed by atoms with Crippen molar-refractivity contribution in [3.63, 3.8) is 0 Å². The van der Waals surface area contributed by atoms with Crippen LogP contribution in [0.2, 0.25) is 0 Å². The largest absolute Gasteiger partial charge is 2.00 e. The average molecular weight is 285 g/mol. The summed E-state index contributed by atoms with van der Waals surface area (Å²) in [5.41, 5.74) is 0. The smallest absolute Gasteiger partial charge is 1.00 e. The Morgan fingerprint density at radius 1 is 1.20 bits per heavy atom. The van der Waals surface area contributed by atoms with E-state index in [0.717, 1.165) is 0 Å². The summed E-state index contributed by atoms with van der Waals surface area (Å²) in [6.45, 7) is 0. The number of rotatable bonds is 0. The maximum Gasteiger partial charge on any atom is 2.00 e. The molecule has 1 radical (unpaired) electrons. The zero-order valence-corrected chi connectivity index (χ0v) is 12.0. The van der Waals surface area contributed by atoms with Gasteiger partial charge < -0.3 is 5.71 Å². The van der Waals surface area contributed by atoms with E-state index in [1.54, 1.807) is 0 Å². The third-order valence-corrected chi connectivity index (χ3v) is 0. The molecule has 0 rings (SSSR count). The quantitative estimate of drug-likeness (QED) is 0.389. The molecule has 0 aliphatic rings. The molecule has 0 saturated carbocycles. The Labute approximate surface area is 133 Å². The number of hydrogen-bond donors (Lipinski definition) is 0. The summed E-state index contributed by atoms with van der Waals surface area (Å²) in [6, 6.07) is 0. The molecule has 0 aromatic rings. The molecular formula is H4BaLiMnNaNi. The van der Waals surface area contributed by atoms with E-state index in [1.165, 1.54) is 0 Å². The first-order valence-corrected chi connectivity index (χ1v) is 0. The molecule has 0 spiro atoms. The van der Waals surface area contributed by atoms with Crippen LogP contribution in [0.25, 0.3) is 0 Å². The normalized spacial score (nSPS) is 0. The van der Waals surface area contributed by atoms with Crippen LogP contribution >= 0.6 is 0 Å². The molecule has 0 aliphatic carbocycles. The molecule has 0 nitrogen and oxygen atoms in total. The van der Waals surface area contributed by atoms with Crippen LogP contribution in [0, 0.1) is 0 Å². The molecule has 0 heterocycles. The molecule has 0 fully saturated rings. The van der Waals surface area contributed by atoms with E-state index >= 15 is 0 Å². The van der Waals surface area contributed by atoms with E-state index in [-0.39, 0.29) is 137 Å². The van der Waals surface area contributed by atoms with Crippen molar-refractivity contribution >= 4 is 48.9 Å². The van der Waals surface area contributed by atoms with Gasteiger partial charge in [0.25, 0.3) is 0 Å². The molecule has 5 heavy (non-hydrogen) atoms. The summed E-state index contributed by atoms with van der Waals surface area (Å²) in [5, 5.41) is 0. The fourth-order valence-corrected chi connectivity index (χ4v) is 0. The third kappa shape index (κ3) is 17.9. The van der Waals surface area contributed by atoms with Gasteiger partial charge in [-0.1, -0.05) is 0 Å². The Balaban J connectivity index is 0. The second kappa shape index (κ2) is 24.1. The molecule has 0 atom stereocenters. The molecular weight excluding hydrogens is 281 g/mol. The molecule has 0 aliphatic heterocycles. The van der Waals surface area contributed by atoms with E-state index in [4.69, 9.17) is 0 Å². The minimum absolute atomic E-state index is 0. The van der Waals surface area contributed by atoms with Gasteiger partial charge in [0.2, 0.25) is 0 Å². The van der Waals surface area contributed by atoms with E-state index in [1.807, 2.05) is 0 Å². The third-order valence-electron chi connectivity index (χ3n) is 0.